The first-order chi connectivity index (χ1) is 13.2. The molecule has 1 unspecified atom stereocenters. The summed E-state index contributed by atoms with van der Waals surface area (Å²) >= 11 is 0. The highest BCUT2D eigenvalue weighted by Gasteiger charge is 2.19. The molecule has 2 aromatic rings. The number of carbonyl (C=O) groups excluding carboxylic acids is 1. The summed E-state index contributed by atoms with van der Waals surface area (Å²) in [6.45, 7) is 9.58. The van der Waals surface area contributed by atoms with Gasteiger partial charge in [0.2, 0.25) is 0 Å². The van der Waals surface area contributed by atoms with Gasteiger partial charge < -0.3 is 15.2 Å². The van der Waals surface area contributed by atoms with E-state index < -0.39 is 24.2 Å². The number of rotatable bonds is 5. The van der Waals surface area contributed by atoms with Gasteiger partial charge >= 0.3 is 6.09 Å². The predicted octanol–water partition coefficient (Wildman–Crippen LogP) is 5.10. The number of hydrogen-bond acceptors (Lipinski definition) is 4. The predicted molar refractivity (Wildman–Crippen MR) is 105 cm³/mol. The number of hydrogen-bond donors (Lipinski definition) is 2. The lowest BCUT2D eigenvalue weighted by Crippen LogP contribution is -2.32. The zero-order valence-corrected chi connectivity index (χ0v) is 16.9. The van der Waals surface area contributed by atoms with Crippen LogP contribution in [0, 0.1) is 0 Å². The van der Waals surface area contributed by atoms with Crippen LogP contribution in [-0.2, 0) is 11.3 Å². The Balaban J connectivity index is 0.00000190. The Kier molecular flexibility index (Phi) is 8.99. The van der Waals surface area contributed by atoms with Crippen LogP contribution in [0.5, 0.6) is 0 Å². The lowest BCUT2D eigenvalue weighted by Gasteiger charge is -2.19. The third-order valence-corrected chi connectivity index (χ3v) is 3.46. The van der Waals surface area contributed by atoms with Crippen LogP contribution in [-0.4, -0.2) is 28.2 Å². The van der Waals surface area contributed by atoms with Crippen molar-refractivity contribution >= 4 is 6.09 Å². The standard InChI is InChI=1S/C19H22F2N2O3.C2H6/c1-19(2,3)26-18(25)23-11-15-9-8-14(10-22-15)12-4-6-13(7-5-12)16(24)17(20)21;1-2/h4-10,16-17,24H,11H2,1-3H3,(H,23,25);1-2H3. The maximum absolute atomic E-state index is 12.5. The molecule has 0 fully saturated rings. The molecule has 5 nitrogen and oxygen atoms in total. The molecule has 1 amide bonds. The summed E-state index contributed by atoms with van der Waals surface area (Å²) in [5.41, 5.74) is 1.84. The van der Waals surface area contributed by atoms with Crippen LogP contribution in [0.15, 0.2) is 42.6 Å². The molecule has 0 aliphatic rings. The number of nitrogens with zero attached hydrogens (tertiary/aromatic N) is 1. The molecule has 0 spiro atoms. The summed E-state index contributed by atoms with van der Waals surface area (Å²) in [7, 11) is 0. The average Bonchev–Trinajstić information content (AvgIpc) is 2.66. The molecule has 28 heavy (non-hydrogen) atoms. The average molecular weight is 394 g/mol. The molecule has 1 aromatic heterocycles. The topological polar surface area (TPSA) is 71.5 Å². The number of benzene rings is 1. The smallest absolute Gasteiger partial charge is 0.407 e. The molecule has 0 aliphatic carbocycles. The Labute approximate surface area is 164 Å². The lowest BCUT2D eigenvalue weighted by molar-refractivity contribution is -0.00577. The first-order valence-electron chi connectivity index (χ1n) is 9.14. The minimum atomic E-state index is -2.82. The highest BCUT2D eigenvalue weighted by atomic mass is 19.3. The number of amides is 1. The second-order valence-electron chi connectivity index (χ2n) is 6.79. The number of alkyl halides is 2. The molecule has 1 atom stereocenters. The Hall–Kier alpha value is -2.54. The zero-order valence-electron chi connectivity index (χ0n) is 16.9. The monoisotopic (exact) mass is 394 g/mol. The number of aliphatic hydroxyl groups is 1. The van der Waals surface area contributed by atoms with Gasteiger partial charge in [0.15, 0.2) is 0 Å². The van der Waals surface area contributed by atoms with Gasteiger partial charge in [-0.05, 0) is 38.0 Å². The summed E-state index contributed by atoms with van der Waals surface area (Å²) in [6, 6.07) is 9.80. The van der Waals surface area contributed by atoms with E-state index in [0.717, 1.165) is 11.1 Å². The minimum absolute atomic E-state index is 0.162. The molecule has 1 aromatic carbocycles. The van der Waals surface area contributed by atoms with Crippen molar-refractivity contribution in [2.45, 2.75) is 59.3 Å². The first-order valence-corrected chi connectivity index (χ1v) is 9.14. The van der Waals surface area contributed by atoms with Gasteiger partial charge in [-0.1, -0.05) is 44.2 Å². The Morgan fingerprint density at radius 2 is 1.68 bits per heavy atom. The maximum Gasteiger partial charge on any atom is 0.407 e. The SMILES string of the molecule is CC.CC(C)(C)OC(=O)NCc1ccc(-c2ccc(C(O)C(F)F)cc2)cn1. The highest BCUT2D eigenvalue weighted by molar-refractivity contribution is 5.67. The van der Waals surface area contributed by atoms with Crippen LogP contribution in [0.3, 0.4) is 0 Å². The Bertz CT molecular complexity index is 727. The molecule has 0 saturated heterocycles. The number of pyridine rings is 1. The van der Waals surface area contributed by atoms with Crippen LogP contribution in [0.4, 0.5) is 13.6 Å². The van der Waals surface area contributed by atoms with Crippen molar-refractivity contribution in [3.05, 3.63) is 53.9 Å². The van der Waals surface area contributed by atoms with E-state index in [4.69, 9.17) is 4.74 Å². The summed E-state index contributed by atoms with van der Waals surface area (Å²) in [4.78, 5) is 15.9. The normalized spacial score (nSPS) is 12.0. The summed E-state index contributed by atoms with van der Waals surface area (Å²) < 4.78 is 30.2. The van der Waals surface area contributed by atoms with Crippen molar-refractivity contribution in [3.8, 4) is 11.1 Å². The van der Waals surface area contributed by atoms with Gasteiger partial charge in [-0.3, -0.25) is 4.98 Å². The van der Waals surface area contributed by atoms with E-state index >= 15 is 0 Å². The van der Waals surface area contributed by atoms with Crippen LogP contribution in [0.25, 0.3) is 11.1 Å². The van der Waals surface area contributed by atoms with Gasteiger partial charge in [-0.25, -0.2) is 13.6 Å². The van der Waals surface area contributed by atoms with Gasteiger partial charge in [0.25, 0.3) is 6.43 Å². The largest absolute Gasteiger partial charge is 0.444 e. The maximum atomic E-state index is 12.5. The Morgan fingerprint density at radius 1 is 1.11 bits per heavy atom. The number of halogens is 2. The van der Waals surface area contributed by atoms with Crippen LogP contribution in [0.2, 0.25) is 0 Å². The Morgan fingerprint density at radius 3 is 2.14 bits per heavy atom. The van der Waals surface area contributed by atoms with E-state index in [9.17, 15) is 18.7 Å². The molecular weight excluding hydrogens is 366 g/mol. The zero-order chi connectivity index (χ0) is 21.3. The minimum Gasteiger partial charge on any atom is -0.444 e. The van der Waals surface area contributed by atoms with E-state index in [0.29, 0.717) is 5.69 Å². The summed E-state index contributed by atoms with van der Waals surface area (Å²) in [6.07, 6.45) is -3.50. The number of aliphatic hydroxyl groups excluding tert-OH is 1. The van der Waals surface area contributed by atoms with E-state index in [2.05, 4.69) is 10.3 Å². The fourth-order valence-corrected chi connectivity index (χ4v) is 2.19. The van der Waals surface area contributed by atoms with Gasteiger partial charge in [-0.15, -0.1) is 0 Å². The molecule has 0 bridgehead atoms. The van der Waals surface area contributed by atoms with Crippen LogP contribution >= 0.6 is 0 Å². The molecule has 7 heteroatoms. The number of alkyl carbamates (subject to hydrolysis) is 1. The number of carbonyl (C=O) groups is 1. The van der Waals surface area contributed by atoms with Gasteiger partial charge in [0.1, 0.15) is 11.7 Å². The number of ether oxygens (including phenoxy) is 1. The fraction of sp³-hybridized carbons (Fsp3) is 0.429. The van der Waals surface area contributed by atoms with Gasteiger partial charge in [0, 0.05) is 11.8 Å². The van der Waals surface area contributed by atoms with Crippen molar-refractivity contribution in [1.29, 1.82) is 0 Å². The molecule has 2 rings (SSSR count). The second-order valence-corrected chi connectivity index (χ2v) is 6.79. The van der Waals surface area contributed by atoms with Gasteiger partial charge in [0.05, 0.1) is 12.2 Å². The third-order valence-electron chi connectivity index (χ3n) is 3.46. The van der Waals surface area contributed by atoms with Gasteiger partial charge in [-0.2, -0.15) is 0 Å². The summed E-state index contributed by atoms with van der Waals surface area (Å²) in [5, 5.41) is 12.0. The number of aromatic nitrogens is 1. The first kappa shape index (κ1) is 23.5. The van der Waals surface area contributed by atoms with Crippen molar-refractivity contribution in [2.24, 2.45) is 0 Å². The molecule has 0 radical (unpaired) electrons. The fourth-order valence-electron chi connectivity index (χ4n) is 2.19. The molecular formula is C21H28F2N2O3. The molecule has 0 aliphatic heterocycles. The quantitative estimate of drug-likeness (QED) is 0.740. The van der Waals surface area contributed by atoms with Crippen LogP contribution < -0.4 is 5.32 Å². The van der Waals surface area contributed by atoms with Crippen molar-refractivity contribution < 1.29 is 23.4 Å². The van der Waals surface area contributed by atoms with E-state index in [1.165, 1.54) is 12.1 Å². The third kappa shape index (κ3) is 7.60. The van der Waals surface area contributed by atoms with E-state index in [1.807, 2.05) is 19.9 Å². The molecule has 2 N–H and O–H groups in total. The van der Waals surface area contributed by atoms with E-state index in [-0.39, 0.29) is 12.1 Å². The van der Waals surface area contributed by atoms with Crippen molar-refractivity contribution in [2.75, 3.05) is 0 Å². The van der Waals surface area contributed by atoms with E-state index in [1.54, 1.807) is 45.2 Å². The molecule has 0 saturated carbocycles. The molecule has 1 heterocycles. The van der Waals surface area contributed by atoms with Crippen molar-refractivity contribution in [1.82, 2.24) is 10.3 Å². The summed E-state index contributed by atoms with van der Waals surface area (Å²) in [5.74, 6) is 0. The highest BCUT2D eigenvalue weighted by Crippen LogP contribution is 2.24. The lowest BCUT2D eigenvalue weighted by atomic mass is 10.0. The molecule has 154 valence electrons. The van der Waals surface area contributed by atoms with Crippen molar-refractivity contribution in [3.63, 3.8) is 0 Å². The second kappa shape index (κ2) is 10.7. The number of nitrogens with one attached hydrogen (secondary N) is 1. The van der Waals surface area contributed by atoms with Crippen LogP contribution in [0.1, 0.15) is 52.0 Å².